The van der Waals surface area contributed by atoms with Gasteiger partial charge in [-0.15, -0.1) is 11.3 Å². The number of thiophene rings is 1. The molecule has 0 aliphatic heterocycles. The van der Waals surface area contributed by atoms with Gasteiger partial charge in [0.05, 0.1) is 0 Å². The van der Waals surface area contributed by atoms with E-state index in [9.17, 15) is 0 Å². The Balaban J connectivity index is 2.80. The van der Waals surface area contributed by atoms with Crippen molar-refractivity contribution < 1.29 is 0 Å². The molecule has 0 aliphatic carbocycles. The van der Waals surface area contributed by atoms with Crippen LogP contribution in [0.4, 0.5) is 0 Å². The van der Waals surface area contributed by atoms with Crippen LogP contribution in [0.5, 0.6) is 0 Å². The lowest BCUT2D eigenvalue weighted by Gasteiger charge is -1.90. The summed E-state index contributed by atoms with van der Waals surface area (Å²) < 4.78 is 2.61. The van der Waals surface area contributed by atoms with Crippen LogP contribution in [-0.4, -0.2) is 0 Å². The molecule has 0 nitrogen and oxygen atoms in total. The van der Waals surface area contributed by atoms with Gasteiger partial charge in [-0.1, -0.05) is 30.4 Å². The van der Waals surface area contributed by atoms with E-state index >= 15 is 0 Å². The largest absolute Gasteiger partial charge is 0.135 e. The summed E-state index contributed by atoms with van der Waals surface area (Å²) in [6.45, 7) is 10.5. The van der Waals surface area contributed by atoms with Gasteiger partial charge >= 0.3 is 0 Å². The second-order valence-corrected chi connectivity index (χ2v) is 5.21. The Morgan fingerprint density at radius 3 is 2.81 bits per heavy atom. The van der Waals surface area contributed by atoms with E-state index in [1.165, 1.54) is 25.8 Å². The van der Waals surface area contributed by atoms with Crippen molar-refractivity contribution in [3.8, 4) is 0 Å². The van der Waals surface area contributed by atoms with Crippen LogP contribution in [0.25, 0.3) is 22.7 Å². The summed E-state index contributed by atoms with van der Waals surface area (Å²) in [5, 5.41) is 2.44. The Labute approximate surface area is 100 Å². The topological polar surface area (TPSA) is 0 Å². The highest BCUT2D eigenvalue weighted by Crippen LogP contribution is 2.15. The number of rotatable bonds is 1. The molecule has 0 unspecified atom stereocenters. The summed E-state index contributed by atoms with van der Waals surface area (Å²) in [5.41, 5.74) is 2.59. The Morgan fingerprint density at radius 2 is 2.12 bits per heavy atom. The van der Waals surface area contributed by atoms with Crippen LogP contribution < -0.4 is 9.75 Å². The summed E-state index contributed by atoms with van der Waals surface area (Å²) in [6.07, 6.45) is 4.33. The number of hydrogen-bond acceptors (Lipinski definition) is 1. The Hall–Kier alpha value is -1.34. The maximum absolute atomic E-state index is 4.18. The molecular formula is C15H16S. The van der Waals surface area contributed by atoms with Gasteiger partial charge in [0.1, 0.15) is 0 Å². The molecule has 0 bridgehead atoms. The minimum atomic E-state index is 1.15. The van der Waals surface area contributed by atoms with E-state index in [4.69, 9.17) is 0 Å². The maximum Gasteiger partial charge on any atom is 0.0357 e. The number of fused-ring (bicyclic) bond motifs is 1. The molecule has 1 heteroatoms. The van der Waals surface area contributed by atoms with Gasteiger partial charge in [-0.3, -0.25) is 0 Å². The molecule has 0 aliphatic rings. The van der Waals surface area contributed by atoms with Gasteiger partial charge in [-0.2, -0.15) is 0 Å². The molecule has 16 heavy (non-hydrogen) atoms. The molecular weight excluding hydrogens is 212 g/mol. The molecule has 0 fully saturated rings. The minimum absolute atomic E-state index is 1.15. The first-order valence-corrected chi connectivity index (χ1v) is 6.26. The monoisotopic (exact) mass is 228 g/mol. The molecule has 0 N–H and O–H groups in total. The number of hydrogen-bond donors (Lipinski definition) is 0. The fourth-order valence-corrected chi connectivity index (χ4v) is 2.94. The molecule has 0 atom stereocenters. The van der Waals surface area contributed by atoms with E-state index in [0.29, 0.717) is 0 Å². The van der Waals surface area contributed by atoms with E-state index in [1.807, 2.05) is 11.3 Å². The first-order valence-electron chi connectivity index (χ1n) is 5.44. The average Bonchev–Trinajstić information content (AvgIpc) is 2.55. The van der Waals surface area contributed by atoms with Crippen LogP contribution in [0.2, 0.25) is 0 Å². The zero-order chi connectivity index (χ0) is 11.7. The van der Waals surface area contributed by atoms with Crippen LogP contribution in [0.15, 0.2) is 29.8 Å². The normalized spacial score (nSPS) is 13.7. The van der Waals surface area contributed by atoms with Gasteiger partial charge < -0.3 is 0 Å². The molecule has 82 valence electrons. The molecule has 0 saturated heterocycles. The summed E-state index contributed by atoms with van der Waals surface area (Å²) in [4.78, 5) is 0. The van der Waals surface area contributed by atoms with Gasteiger partial charge in [0, 0.05) is 9.23 Å². The molecule has 0 radical (unpaired) electrons. The fraction of sp³-hybridized carbons (Fsp3) is 0.200. The van der Waals surface area contributed by atoms with Crippen molar-refractivity contribution in [3.63, 3.8) is 0 Å². The lowest BCUT2D eigenvalue weighted by atomic mass is 10.1. The molecule has 2 rings (SSSR count). The predicted octanol–water partition coefficient (Wildman–Crippen LogP) is 3.37. The zero-order valence-electron chi connectivity index (χ0n) is 10.0. The molecule has 1 heterocycles. The van der Waals surface area contributed by atoms with Crippen molar-refractivity contribution in [3.05, 3.63) is 45.2 Å². The minimum Gasteiger partial charge on any atom is -0.135 e. The maximum atomic E-state index is 4.18. The summed E-state index contributed by atoms with van der Waals surface area (Å²) in [7, 11) is 0. The quantitative estimate of drug-likeness (QED) is 0.702. The Kier molecular flexibility index (Phi) is 2.97. The third-order valence-electron chi connectivity index (χ3n) is 2.79. The molecule has 1 aromatic carbocycles. The van der Waals surface area contributed by atoms with Crippen molar-refractivity contribution in [1.82, 2.24) is 0 Å². The fourth-order valence-electron chi connectivity index (χ4n) is 1.68. The molecule has 2 aromatic rings. The second-order valence-electron chi connectivity index (χ2n) is 4.12. The van der Waals surface area contributed by atoms with Crippen LogP contribution in [-0.2, 0) is 0 Å². The lowest BCUT2D eigenvalue weighted by molar-refractivity contribution is 1.51. The standard InChI is InChI=1S/C15H16S/c1-5-10(2)8-14-12(4)13-7-6-11(3)9-15(13)16-14/h5-9H,4H2,1-3H3/b10-5-,14-8+. The lowest BCUT2D eigenvalue weighted by Crippen LogP contribution is -2.16. The van der Waals surface area contributed by atoms with Crippen molar-refractivity contribution in [1.29, 1.82) is 0 Å². The first-order chi connectivity index (χ1) is 7.61. The second kappa shape index (κ2) is 4.26. The summed E-state index contributed by atoms with van der Waals surface area (Å²) >= 11 is 1.82. The number of allylic oxidation sites excluding steroid dienone is 2. The van der Waals surface area contributed by atoms with Crippen LogP contribution >= 0.6 is 11.3 Å². The highest BCUT2D eigenvalue weighted by molar-refractivity contribution is 7.17. The van der Waals surface area contributed by atoms with Crippen molar-refractivity contribution >= 4 is 34.1 Å². The number of benzene rings is 1. The van der Waals surface area contributed by atoms with Gasteiger partial charge in [0.2, 0.25) is 0 Å². The summed E-state index contributed by atoms with van der Waals surface area (Å²) in [6, 6.07) is 6.55. The van der Waals surface area contributed by atoms with E-state index in [-0.39, 0.29) is 0 Å². The molecule has 0 saturated carbocycles. The molecule has 0 amide bonds. The van der Waals surface area contributed by atoms with Crippen LogP contribution in [0, 0.1) is 6.92 Å². The van der Waals surface area contributed by atoms with Gasteiger partial charge in [0.15, 0.2) is 0 Å². The third kappa shape index (κ3) is 1.96. The average molecular weight is 228 g/mol. The Bertz CT molecular complexity index is 657. The van der Waals surface area contributed by atoms with E-state index in [0.717, 1.165) is 5.22 Å². The van der Waals surface area contributed by atoms with Crippen LogP contribution in [0.1, 0.15) is 19.4 Å². The third-order valence-corrected chi connectivity index (χ3v) is 3.94. The Morgan fingerprint density at radius 1 is 1.38 bits per heavy atom. The zero-order valence-corrected chi connectivity index (χ0v) is 10.8. The van der Waals surface area contributed by atoms with Crippen LogP contribution in [0.3, 0.4) is 0 Å². The van der Waals surface area contributed by atoms with E-state index in [2.05, 4.69) is 57.7 Å². The van der Waals surface area contributed by atoms with Gasteiger partial charge in [-0.25, -0.2) is 0 Å². The SMILES string of the molecule is C=c1/c(=C\C(C)=C/C)sc2cc(C)ccc12. The molecule has 0 spiro atoms. The van der Waals surface area contributed by atoms with Crippen molar-refractivity contribution in [2.75, 3.05) is 0 Å². The van der Waals surface area contributed by atoms with Crippen molar-refractivity contribution in [2.24, 2.45) is 0 Å². The van der Waals surface area contributed by atoms with Gasteiger partial charge in [-0.05, 0) is 49.1 Å². The molecule has 1 aromatic heterocycles. The van der Waals surface area contributed by atoms with E-state index in [1.54, 1.807) is 0 Å². The predicted molar refractivity (Wildman–Crippen MR) is 75.2 cm³/mol. The smallest absolute Gasteiger partial charge is 0.0357 e. The van der Waals surface area contributed by atoms with Crippen molar-refractivity contribution in [2.45, 2.75) is 20.8 Å². The van der Waals surface area contributed by atoms with E-state index < -0.39 is 0 Å². The highest BCUT2D eigenvalue weighted by atomic mass is 32.1. The van der Waals surface area contributed by atoms with Gasteiger partial charge in [0.25, 0.3) is 0 Å². The first kappa shape index (κ1) is 11.2. The number of aryl methyl sites for hydroxylation is 1. The summed E-state index contributed by atoms with van der Waals surface area (Å²) in [5.74, 6) is 0. The highest BCUT2D eigenvalue weighted by Gasteiger charge is 1.99.